The maximum absolute atomic E-state index is 9.93. The molecule has 8 heteroatoms. The summed E-state index contributed by atoms with van der Waals surface area (Å²) in [6.07, 6.45) is 3.02. The van der Waals surface area contributed by atoms with Crippen molar-refractivity contribution in [2.75, 3.05) is 66.7 Å². The van der Waals surface area contributed by atoms with Gasteiger partial charge in [0.2, 0.25) is 0 Å². The maximum atomic E-state index is 9.93. The minimum absolute atomic E-state index is 0. The average Bonchev–Trinajstić information content (AvgIpc) is 3.37. The van der Waals surface area contributed by atoms with E-state index in [0.717, 1.165) is 57.7 Å². The van der Waals surface area contributed by atoms with E-state index in [1.165, 1.54) is 12.8 Å². The summed E-state index contributed by atoms with van der Waals surface area (Å²) in [6.45, 7) is 7.86. The largest absolute Gasteiger partial charge is 0.389 e. The van der Waals surface area contributed by atoms with Gasteiger partial charge in [0.25, 0.3) is 0 Å². The van der Waals surface area contributed by atoms with Crippen LogP contribution >= 0.6 is 24.0 Å². The number of methoxy groups -OCH3 is 1. The third-order valence-electron chi connectivity index (χ3n) is 3.84. The molecule has 0 amide bonds. The fraction of sp³-hybridized carbons (Fsp3) is 0.941. The van der Waals surface area contributed by atoms with Crippen LogP contribution in [0, 0.1) is 5.92 Å². The van der Waals surface area contributed by atoms with E-state index in [9.17, 15) is 5.11 Å². The van der Waals surface area contributed by atoms with Crippen molar-refractivity contribution in [1.29, 1.82) is 0 Å². The van der Waals surface area contributed by atoms with Gasteiger partial charge < -0.3 is 30.1 Å². The summed E-state index contributed by atoms with van der Waals surface area (Å²) in [5.41, 5.74) is 0. The molecule has 1 atom stereocenters. The lowest BCUT2D eigenvalue weighted by molar-refractivity contribution is 0.0368. The maximum Gasteiger partial charge on any atom is 0.191 e. The first-order valence-electron chi connectivity index (χ1n) is 9.11. The molecule has 1 saturated carbocycles. The van der Waals surface area contributed by atoms with Crippen LogP contribution in [0.5, 0.6) is 0 Å². The van der Waals surface area contributed by atoms with Crippen molar-refractivity contribution in [2.45, 2.75) is 32.3 Å². The van der Waals surface area contributed by atoms with Gasteiger partial charge in [-0.2, -0.15) is 0 Å². The van der Waals surface area contributed by atoms with Crippen LogP contribution in [-0.2, 0) is 9.47 Å². The Bertz CT molecular complexity index is 344. The number of nitrogens with zero attached hydrogens (tertiary/aromatic N) is 2. The molecular formula is C17H37IN4O3. The minimum atomic E-state index is -0.545. The molecule has 1 fully saturated rings. The Kier molecular flexibility index (Phi) is 15.9. The van der Waals surface area contributed by atoms with Gasteiger partial charge in [0.05, 0.1) is 19.3 Å². The van der Waals surface area contributed by atoms with Gasteiger partial charge in [-0.3, -0.25) is 4.99 Å². The van der Waals surface area contributed by atoms with Crippen LogP contribution in [-0.4, -0.2) is 88.8 Å². The summed E-state index contributed by atoms with van der Waals surface area (Å²) in [4.78, 5) is 6.69. The molecule has 0 radical (unpaired) electrons. The Morgan fingerprint density at radius 2 is 2.08 bits per heavy atom. The van der Waals surface area contributed by atoms with Crippen molar-refractivity contribution in [3.63, 3.8) is 0 Å². The van der Waals surface area contributed by atoms with Crippen molar-refractivity contribution < 1.29 is 14.6 Å². The van der Waals surface area contributed by atoms with Crippen molar-refractivity contribution in [1.82, 2.24) is 15.5 Å². The lowest BCUT2D eigenvalue weighted by atomic mass is 10.4. The number of ether oxygens (including phenoxy) is 2. The standard InChI is InChI=1S/C17H36N4O3.HI/c1-4-18-17(19-8-10-21(2)9-5-11-23-3)20-12-16(22)14-24-13-15-6-7-15;/h15-16,22H,4-14H2,1-3H3,(H2,18,19,20);1H. The molecule has 7 nitrogen and oxygen atoms in total. The molecule has 0 aromatic rings. The molecule has 0 saturated heterocycles. The Balaban J connectivity index is 0.00000576. The van der Waals surface area contributed by atoms with Gasteiger partial charge in [0.1, 0.15) is 0 Å². The molecule has 1 aliphatic rings. The minimum Gasteiger partial charge on any atom is -0.389 e. The number of rotatable bonds is 14. The van der Waals surface area contributed by atoms with Gasteiger partial charge in [-0.1, -0.05) is 0 Å². The summed E-state index contributed by atoms with van der Waals surface area (Å²) >= 11 is 0. The zero-order valence-corrected chi connectivity index (χ0v) is 18.3. The SMILES string of the molecule is CCNC(=NCC(O)COCC1CC1)NCCN(C)CCCOC.I. The molecule has 3 N–H and O–H groups in total. The average molecular weight is 472 g/mol. The Morgan fingerprint density at radius 1 is 1.32 bits per heavy atom. The number of hydrogen-bond donors (Lipinski definition) is 3. The second-order valence-corrected chi connectivity index (χ2v) is 6.43. The molecular weight excluding hydrogens is 435 g/mol. The molecule has 0 aromatic heterocycles. The number of guanidine groups is 1. The van der Waals surface area contributed by atoms with E-state index in [4.69, 9.17) is 9.47 Å². The number of aliphatic imine (C=N–C) groups is 1. The van der Waals surface area contributed by atoms with Gasteiger partial charge in [0.15, 0.2) is 5.96 Å². The molecule has 150 valence electrons. The van der Waals surface area contributed by atoms with Crippen LogP contribution in [0.2, 0.25) is 0 Å². The van der Waals surface area contributed by atoms with Crippen LogP contribution in [0.3, 0.4) is 0 Å². The van der Waals surface area contributed by atoms with E-state index in [-0.39, 0.29) is 24.0 Å². The van der Waals surface area contributed by atoms with E-state index in [1.54, 1.807) is 7.11 Å². The fourth-order valence-electron chi connectivity index (χ4n) is 2.20. The highest BCUT2D eigenvalue weighted by Crippen LogP contribution is 2.28. The lowest BCUT2D eigenvalue weighted by Gasteiger charge is -2.18. The summed E-state index contributed by atoms with van der Waals surface area (Å²) in [7, 11) is 3.83. The molecule has 0 aromatic carbocycles. The first-order chi connectivity index (χ1) is 11.7. The van der Waals surface area contributed by atoms with Crippen LogP contribution in [0.1, 0.15) is 26.2 Å². The zero-order valence-electron chi connectivity index (χ0n) is 16.0. The van der Waals surface area contributed by atoms with E-state index in [2.05, 4.69) is 27.6 Å². The highest BCUT2D eigenvalue weighted by molar-refractivity contribution is 14.0. The number of nitrogens with one attached hydrogen (secondary N) is 2. The molecule has 0 bridgehead atoms. The van der Waals surface area contributed by atoms with E-state index in [0.29, 0.717) is 13.2 Å². The van der Waals surface area contributed by atoms with Gasteiger partial charge in [0, 0.05) is 46.5 Å². The predicted molar refractivity (Wildman–Crippen MR) is 113 cm³/mol. The number of hydrogen-bond acceptors (Lipinski definition) is 5. The molecule has 0 heterocycles. The zero-order chi connectivity index (χ0) is 17.6. The second kappa shape index (κ2) is 16.0. The molecule has 1 rings (SSSR count). The van der Waals surface area contributed by atoms with Crippen molar-refractivity contribution in [2.24, 2.45) is 10.9 Å². The first kappa shape index (κ1) is 24.8. The molecule has 25 heavy (non-hydrogen) atoms. The lowest BCUT2D eigenvalue weighted by Crippen LogP contribution is -2.41. The van der Waals surface area contributed by atoms with Gasteiger partial charge >= 0.3 is 0 Å². The van der Waals surface area contributed by atoms with E-state index < -0.39 is 6.10 Å². The topological polar surface area (TPSA) is 78.4 Å². The summed E-state index contributed by atoms with van der Waals surface area (Å²) < 4.78 is 10.6. The Hall–Kier alpha value is -0.160. The Labute approximate surface area is 169 Å². The number of aliphatic hydroxyl groups is 1. The molecule has 1 aliphatic carbocycles. The van der Waals surface area contributed by atoms with Gasteiger partial charge in [-0.15, -0.1) is 24.0 Å². The summed E-state index contributed by atoms with van der Waals surface area (Å²) in [5, 5.41) is 16.4. The first-order valence-corrected chi connectivity index (χ1v) is 9.11. The molecule has 1 unspecified atom stereocenters. The molecule has 0 aliphatic heterocycles. The highest BCUT2D eigenvalue weighted by Gasteiger charge is 2.21. The third-order valence-corrected chi connectivity index (χ3v) is 3.84. The monoisotopic (exact) mass is 472 g/mol. The van der Waals surface area contributed by atoms with Crippen LogP contribution < -0.4 is 10.6 Å². The van der Waals surface area contributed by atoms with Crippen molar-refractivity contribution in [3.05, 3.63) is 0 Å². The predicted octanol–water partition coefficient (Wildman–Crippen LogP) is 0.915. The highest BCUT2D eigenvalue weighted by atomic mass is 127. The summed E-state index contributed by atoms with van der Waals surface area (Å²) in [5.74, 6) is 1.46. The van der Waals surface area contributed by atoms with Crippen LogP contribution in [0.25, 0.3) is 0 Å². The van der Waals surface area contributed by atoms with E-state index >= 15 is 0 Å². The summed E-state index contributed by atoms with van der Waals surface area (Å²) in [6, 6.07) is 0. The van der Waals surface area contributed by atoms with Gasteiger partial charge in [-0.25, -0.2) is 0 Å². The number of likely N-dealkylation sites (N-methyl/N-ethyl adjacent to an activating group) is 1. The van der Waals surface area contributed by atoms with Crippen LogP contribution in [0.4, 0.5) is 0 Å². The van der Waals surface area contributed by atoms with Gasteiger partial charge in [-0.05, 0) is 39.2 Å². The Morgan fingerprint density at radius 3 is 2.72 bits per heavy atom. The number of aliphatic hydroxyl groups excluding tert-OH is 1. The number of halogens is 1. The van der Waals surface area contributed by atoms with Crippen molar-refractivity contribution in [3.8, 4) is 0 Å². The fourth-order valence-corrected chi connectivity index (χ4v) is 2.20. The van der Waals surface area contributed by atoms with E-state index in [1.807, 2.05) is 6.92 Å². The smallest absolute Gasteiger partial charge is 0.191 e. The van der Waals surface area contributed by atoms with Crippen molar-refractivity contribution >= 4 is 29.9 Å². The van der Waals surface area contributed by atoms with Crippen LogP contribution in [0.15, 0.2) is 4.99 Å². The molecule has 0 spiro atoms. The normalized spacial score (nSPS) is 15.8. The second-order valence-electron chi connectivity index (χ2n) is 6.43. The quantitative estimate of drug-likeness (QED) is 0.151. The third kappa shape index (κ3) is 14.7.